The largest absolute Gasteiger partial charge is 0.360 e. The molecule has 1 N–H and O–H groups in total. The summed E-state index contributed by atoms with van der Waals surface area (Å²) in [5.41, 5.74) is 1.38. The van der Waals surface area contributed by atoms with Gasteiger partial charge in [0.1, 0.15) is 11.8 Å². The Morgan fingerprint density at radius 2 is 2.00 bits per heavy atom. The topological polar surface area (TPSA) is 75.4 Å². The molecule has 2 heterocycles. The van der Waals surface area contributed by atoms with Gasteiger partial charge in [-0.1, -0.05) is 29.4 Å². The van der Waals surface area contributed by atoms with Crippen LogP contribution in [0.4, 0.5) is 11.5 Å². The normalized spacial score (nSPS) is 14.2. The molecule has 6 heteroatoms. The van der Waals surface area contributed by atoms with Gasteiger partial charge in [0.15, 0.2) is 5.82 Å². The predicted octanol–water partition coefficient (Wildman–Crippen LogP) is 3.12. The van der Waals surface area contributed by atoms with Crippen LogP contribution in [0.3, 0.4) is 0 Å². The molecule has 0 aliphatic carbocycles. The van der Waals surface area contributed by atoms with Gasteiger partial charge in [0.2, 0.25) is 5.91 Å². The zero-order valence-corrected chi connectivity index (χ0v) is 13.2. The SMILES string of the molecule is Cc1cc(NC(=O)C(C)N2C(=O)c3cccc4cccc2c34)no1. The van der Waals surface area contributed by atoms with Crippen LogP contribution >= 0.6 is 0 Å². The van der Waals surface area contributed by atoms with Crippen molar-refractivity contribution in [3.05, 3.63) is 53.8 Å². The van der Waals surface area contributed by atoms with Crippen molar-refractivity contribution in [1.29, 1.82) is 0 Å². The minimum absolute atomic E-state index is 0.166. The summed E-state index contributed by atoms with van der Waals surface area (Å²) in [5, 5.41) is 8.31. The number of benzene rings is 2. The van der Waals surface area contributed by atoms with E-state index in [1.54, 1.807) is 26.0 Å². The molecule has 6 nitrogen and oxygen atoms in total. The standard InChI is InChI=1S/C18H15N3O3/c1-10-9-15(20-24-10)19-17(22)11(2)21-14-8-4-6-12-5-3-7-13(16(12)14)18(21)23/h3-9,11H,1-2H3,(H,19,20,22). The zero-order valence-electron chi connectivity index (χ0n) is 13.2. The lowest BCUT2D eigenvalue weighted by atomic mass is 10.1. The van der Waals surface area contributed by atoms with Crippen LogP contribution in [0, 0.1) is 6.92 Å². The highest BCUT2D eigenvalue weighted by Crippen LogP contribution is 2.38. The average Bonchev–Trinajstić information content (AvgIpc) is 3.10. The van der Waals surface area contributed by atoms with Crippen LogP contribution in [0.25, 0.3) is 10.8 Å². The molecule has 0 saturated heterocycles. The summed E-state index contributed by atoms with van der Waals surface area (Å²) in [6.45, 7) is 3.44. The third-order valence-corrected chi connectivity index (χ3v) is 4.24. The van der Waals surface area contributed by atoms with E-state index in [4.69, 9.17) is 4.52 Å². The lowest BCUT2D eigenvalue weighted by Crippen LogP contribution is -2.44. The fourth-order valence-corrected chi connectivity index (χ4v) is 3.10. The second-order valence-electron chi connectivity index (χ2n) is 5.84. The summed E-state index contributed by atoms with van der Waals surface area (Å²) in [7, 11) is 0. The van der Waals surface area contributed by atoms with E-state index in [0.717, 1.165) is 16.5 Å². The van der Waals surface area contributed by atoms with E-state index in [1.165, 1.54) is 4.90 Å². The van der Waals surface area contributed by atoms with E-state index in [0.29, 0.717) is 17.1 Å². The first kappa shape index (κ1) is 14.4. The Kier molecular flexibility index (Phi) is 3.13. The predicted molar refractivity (Wildman–Crippen MR) is 90.1 cm³/mol. The number of hydrogen-bond donors (Lipinski definition) is 1. The van der Waals surface area contributed by atoms with E-state index < -0.39 is 6.04 Å². The zero-order chi connectivity index (χ0) is 16.8. The number of carbonyl (C=O) groups is 2. The molecule has 0 fully saturated rings. The molecule has 3 aromatic rings. The lowest BCUT2D eigenvalue weighted by molar-refractivity contribution is -0.117. The molecule has 1 aliphatic rings. The van der Waals surface area contributed by atoms with Gasteiger partial charge in [0.25, 0.3) is 5.91 Å². The summed E-state index contributed by atoms with van der Waals surface area (Å²) in [6, 6.07) is 12.3. The van der Waals surface area contributed by atoms with Gasteiger partial charge >= 0.3 is 0 Å². The average molecular weight is 321 g/mol. The van der Waals surface area contributed by atoms with Crippen molar-refractivity contribution in [1.82, 2.24) is 5.16 Å². The van der Waals surface area contributed by atoms with Crippen LogP contribution < -0.4 is 10.2 Å². The Morgan fingerprint density at radius 3 is 2.71 bits per heavy atom. The maximum atomic E-state index is 12.8. The van der Waals surface area contributed by atoms with Gasteiger partial charge in [-0.2, -0.15) is 0 Å². The van der Waals surface area contributed by atoms with Crippen molar-refractivity contribution in [3.63, 3.8) is 0 Å². The quantitative estimate of drug-likeness (QED) is 0.804. The van der Waals surface area contributed by atoms with Crippen molar-refractivity contribution in [2.45, 2.75) is 19.9 Å². The van der Waals surface area contributed by atoms with Crippen molar-refractivity contribution in [2.75, 3.05) is 10.2 Å². The molecular weight excluding hydrogens is 306 g/mol. The number of rotatable bonds is 3. The minimum Gasteiger partial charge on any atom is -0.360 e. The highest BCUT2D eigenvalue weighted by atomic mass is 16.5. The Hall–Kier alpha value is -3.15. The molecule has 2 aromatic carbocycles. The number of carbonyl (C=O) groups excluding carboxylic acids is 2. The van der Waals surface area contributed by atoms with Gasteiger partial charge in [-0.25, -0.2) is 0 Å². The van der Waals surface area contributed by atoms with E-state index in [1.807, 2.05) is 30.3 Å². The van der Waals surface area contributed by atoms with Crippen LogP contribution in [0.2, 0.25) is 0 Å². The van der Waals surface area contributed by atoms with Crippen LogP contribution in [0.15, 0.2) is 47.0 Å². The number of aryl methyl sites for hydroxylation is 1. The monoisotopic (exact) mass is 321 g/mol. The van der Waals surface area contributed by atoms with Crippen molar-refractivity contribution >= 4 is 34.1 Å². The molecule has 120 valence electrons. The van der Waals surface area contributed by atoms with Crippen LogP contribution in [0.5, 0.6) is 0 Å². The van der Waals surface area contributed by atoms with E-state index in [2.05, 4.69) is 10.5 Å². The Bertz CT molecular complexity index is 971. The molecule has 0 spiro atoms. The lowest BCUT2D eigenvalue weighted by Gasteiger charge is -2.24. The molecule has 1 aliphatic heterocycles. The summed E-state index contributed by atoms with van der Waals surface area (Å²) < 4.78 is 4.94. The van der Waals surface area contributed by atoms with E-state index in [9.17, 15) is 9.59 Å². The molecule has 2 amide bonds. The van der Waals surface area contributed by atoms with Crippen molar-refractivity contribution in [3.8, 4) is 0 Å². The second-order valence-corrected chi connectivity index (χ2v) is 5.84. The highest BCUT2D eigenvalue weighted by molar-refractivity contribution is 6.26. The number of amides is 2. The molecule has 0 bridgehead atoms. The van der Waals surface area contributed by atoms with Gasteiger partial charge < -0.3 is 9.84 Å². The number of anilines is 2. The number of nitrogens with zero attached hydrogens (tertiary/aromatic N) is 2. The first-order chi connectivity index (χ1) is 11.6. The number of aromatic nitrogens is 1. The fourth-order valence-electron chi connectivity index (χ4n) is 3.10. The van der Waals surface area contributed by atoms with Gasteiger partial charge in [-0.15, -0.1) is 0 Å². The Morgan fingerprint density at radius 1 is 1.25 bits per heavy atom. The number of nitrogens with one attached hydrogen (secondary N) is 1. The first-order valence-corrected chi connectivity index (χ1v) is 7.66. The van der Waals surface area contributed by atoms with Crippen molar-refractivity contribution < 1.29 is 14.1 Å². The minimum atomic E-state index is -0.674. The summed E-state index contributed by atoms with van der Waals surface area (Å²) >= 11 is 0. The second kappa shape index (κ2) is 5.19. The van der Waals surface area contributed by atoms with Gasteiger partial charge in [-0.05, 0) is 31.4 Å². The molecule has 0 saturated carbocycles. The third kappa shape index (κ3) is 2.07. The fraction of sp³-hybridized carbons (Fsp3) is 0.167. The highest BCUT2D eigenvalue weighted by Gasteiger charge is 2.35. The Labute approximate surface area is 138 Å². The number of hydrogen-bond acceptors (Lipinski definition) is 4. The molecule has 24 heavy (non-hydrogen) atoms. The van der Waals surface area contributed by atoms with Gasteiger partial charge in [-0.3, -0.25) is 14.5 Å². The van der Waals surface area contributed by atoms with E-state index in [-0.39, 0.29) is 11.8 Å². The summed E-state index contributed by atoms with van der Waals surface area (Å²) in [5.74, 6) is 0.460. The summed E-state index contributed by atoms with van der Waals surface area (Å²) in [4.78, 5) is 26.9. The molecular formula is C18H15N3O3. The van der Waals surface area contributed by atoms with Gasteiger partial charge in [0, 0.05) is 17.0 Å². The van der Waals surface area contributed by atoms with Gasteiger partial charge in [0.05, 0.1) is 5.69 Å². The first-order valence-electron chi connectivity index (χ1n) is 7.66. The maximum Gasteiger partial charge on any atom is 0.259 e. The molecule has 1 aromatic heterocycles. The molecule has 1 unspecified atom stereocenters. The van der Waals surface area contributed by atoms with Crippen LogP contribution in [0.1, 0.15) is 23.0 Å². The Balaban J connectivity index is 1.68. The van der Waals surface area contributed by atoms with Crippen LogP contribution in [-0.2, 0) is 4.79 Å². The molecule has 4 rings (SSSR count). The molecule has 1 atom stereocenters. The third-order valence-electron chi connectivity index (χ3n) is 4.24. The summed E-state index contributed by atoms with van der Waals surface area (Å²) in [6.07, 6.45) is 0. The van der Waals surface area contributed by atoms with Crippen molar-refractivity contribution in [2.24, 2.45) is 0 Å². The maximum absolute atomic E-state index is 12.8. The molecule has 0 radical (unpaired) electrons. The van der Waals surface area contributed by atoms with Crippen LogP contribution in [-0.4, -0.2) is 23.0 Å². The van der Waals surface area contributed by atoms with E-state index >= 15 is 0 Å². The smallest absolute Gasteiger partial charge is 0.259 e.